The molecule has 0 atom stereocenters. The van der Waals surface area contributed by atoms with E-state index in [2.05, 4.69) is 10.3 Å². The number of hydrogen-bond acceptors (Lipinski definition) is 2. The van der Waals surface area contributed by atoms with E-state index in [9.17, 15) is 4.79 Å². The molecule has 0 radical (unpaired) electrons. The van der Waals surface area contributed by atoms with Crippen molar-refractivity contribution in [1.82, 2.24) is 10.3 Å². The van der Waals surface area contributed by atoms with Gasteiger partial charge in [-0.25, -0.2) is 0 Å². The van der Waals surface area contributed by atoms with E-state index in [4.69, 9.17) is 0 Å². The van der Waals surface area contributed by atoms with Crippen LogP contribution in [0.1, 0.15) is 27.3 Å². The predicted molar refractivity (Wildman–Crippen MR) is 46.3 cm³/mol. The van der Waals surface area contributed by atoms with Crippen LogP contribution in [0.25, 0.3) is 0 Å². The number of hydrogen-bond donors (Lipinski definition) is 2. The van der Waals surface area contributed by atoms with E-state index >= 15 is 0 Å². The highest BCUT2D eigenvalue weighted by molar-refractivity contribution is 6.01. The van der Waals surface area contributed by atoms with Gasteiger partial charge in [-0.1, -0.05) is 0 Å². The number of aromatic nitrogens is 1. The van der Waals surface area contributed by atoms with Crippen LogP contribution < -0.4 is 5.32 Å². The minimum Gasteiger partial charge on any atom is -0.361 e. The van der Waals surface area contributed by atoms with Crippen molar-refractivity contribution in [3.8, 4) is 0 Å². The highest BCUT2D eigenvalue weighted by Gasteiger charge is 2.21. The van der Waals surface area contributed by atoms with Crippen molar-refractivity contribution >= 4 is 5.78 Å². The van der Waals surface area contributed by atoms with Gasteiger partial charge in [0.2, 0.25) is 0 Å². The number of rotatable bonds is 0. The zero-order chi connectivity index (χ0) is 8.72. The lowest BCUT2D eigenvalue weighted by atomic mass is 10.0. The number of H-pyrrole nitrogens is 1. The fourth-order valence-corrected chi connectivity index (χ4v) is 1.70. The number of aryl methyl sites for hydroxylation is 1. The molecule has 12 heavy (non-hydrogen) atoms. The maximum absolute atomic E-state index is 11.4. The lowest BCUT2D eigenvalue weighted by molar-refractivity contribution is 0.0981. The summed E-state index contributed by atoms with van der Waals surface area (Å²) in [5, 5.41) is 3.05. The van der Waals surface area contributed by atoms with Gasteiger partial charge in [0.25, 0.3) is 0 Å². The molecule has 0 unspecified atom stereocenters. The molecule has 2 rings (SSSR count). The van der Waals surface area contributed by atoms with Crippen molar-refractivity contribution in [3.63, 3.8) is 0 Å². The highest BCUT2D eigenvalue weighted by Crippen LogP contribution is 2.20. The summed E-state index contributed by atoms with van der Waals surface area (Å²) >= 11 is 0. The highest BCUT2D eigenvalue weighted by atomic mass is 16.1. The van der Waals surface area contributed by atoms with Gasteiger partial charge in [-0.2, -0.15) is 0 Å². The van der Waals surface area contributed by atoms with E-state index in [1.54, 1.807) is 0 Å². The number of ketones is 1. The summed E-state index contributed by atoms with van der Waals surface area (Å²) in [5.74, 6) is 0.207. The molecule has 0 fully saturated rings. The number of aromatic amines is 1. The molecule has 0 amide bonds. The summed E-state index contributed by atoms with van der Waals surface area (Å²) in [5.41, 5.74) is 4.17. The Balaban J connectivity index is 2.61. The van der Waals surface area contributed by atoms with Crippen molar-refractivity contribution in [2.45, 2.75) is 20.4 Å². The fraction of sp³-hybridized carbons (Fsp3) is 0.444. The smallest absolute Gasteiger partial charge is 0.178 e. The number of carbonyl (C=O) groups is 1. The Morgan fingerprint density at radius 3 is 2.67 bits per heavy atom. The molecule has 3 heteroatoms. The molecule has 0 spiro atoms. The van der Waals surface area contributed by atoms with Crippen LogP contribution in [0, 0.1) is 13.8 Å². The van der Waals surface area contributed by atoms with Crippen molar-refractivity contribution < 1.29 is 4.79 Å². The summed E-state index contributed by atoms with van der Waals surface area (Å²) in [6, 6.07) is 0. The molecule has 0 saturated carbocycles. The molecule has 0 aliphatic carbocycles. The Kier molecular flexibility index (Phi) is 1.54. The standard InChI is InChI=1S/C9H12N2O/c1-5-6(2)11-7-3-10-4-8(12)9(5)7/h10-11H,3-4H2,1-2H3. The van der Waals surface area contributed by atoms with Crippen LogP contribution in [-0.4, -0.2) is 17.3 Å². The Hall–Kier alpha value is -1.09. The van der Waals surface area contributed by atoms with E-state index in [0.717, 1.165) is 29.1 Å². The first kappa shape index (κ1) is 7.55. The maximum Gasteiger partial charge on any atom is 0.178 e. The van der Waals surface area contributed by atoms with Crippen LogP contribution in [-0.2, 0) is 6.54 Å². The molecule has 1 aliphatic rings. The molecule has 0 saturated heterocycles. The first-order valence-corrected chi connectivity index (χ1v) is 4.12. The molecule has 2 heterocycles. The van der Waals surface area contributed by atoms with Gasteiger partial charge in [0.05, 0.1) is 6.54 Å². The molecule has 1 aromatic rings. The topological polar surface area (TPSA) is 44.9 Å². The SMILES string of the molecule is Cc1[nH]c2c(c1C)C(=O)CNC2. The first-order valence-electron chi connectivity index (χ1n) is 4.12. The van der Waals surface area contributed by atoms with E-state index in [-0.39, 0.29) is 5.78 Å². The minimum atomic E-state index is 0.207. The van der Waals surface area contributed by atoms with Gasteiger partial charge >= 0.3 is 0 Å². The molecule has 64 valence electrons. The monoisotopic (exact) mass is 164 g/mol. The van der Waals surface area contributed by atoms with Crippen molar-refractivity contribution in [2.24, 2.45) is 0 Å². The third-order valence-corrected chi connectivity index (χ3v) is 2.44. The maximum atomic E-state index is 11.4. The molecule has 2 N–H and O–H groups in total. The first-order chi connectivity index (χ1) is 5.70. The van der Waals surface area contributed by atoms with Crippen LogP contribution in [0.2, 0.25) is 0 Å². The van der Waals surface area contributed by atoms with Gasteiger partial charge in [0.15, 0.2) is 5.78 Å². The van der Waals surface area contributed by atoms with Crippen molar-refractivity contribution in [2.75, 3.05) is 6.54 Å². The van der Waals surface area contributed by atoms with Crippen LogP contribution >= 0.6 is 0 Å². The summed E-state index contributed by atoms with van der Waals surface area (Å²) in [4.78, 5) is 14.6. The Labute approximate surface area is 71.2 Å². The van der Waals surface area contributed by atoms with E-state index < -0.39 is 0 Å². The van der Waals surface area contributed by atoms with Crippen LogP contribution in [0.5, 0.6) is 0 Å². The zero-order valence-corrected chi connectivity index (χ0v) is 7.32. The van der Waals surface area contributed by atoms with Crippen LogP contribution in [0.4, 0.5) is 0 Å². The third-order valence-electron chi connectivity index (χ3n) is 2.44. The Bertz CT molecular complexity index is 339. The largest absolute Gasteiger partial charge is 0.361 e. The van der Waals surface area contributed by atoms with Crippen molar-refractivity contribution in [1.29, 1.82) is 0 Å². The fourth-order valence-electron chi connectivity index (χ4n) is 1.70. The Morgan fingerprint density at radius 2 is 2.00 bits per heavy atom. The summed E-state index contributed by atoms with van der Waals surface area (Å²) in [6.07, 6.45) is 0. The van der Waals surface area contributed by atoms with Crippen molar-refractivity contribution in [3.05, 3.63) is 22.5 Å². The van der Waals surface area contributed by atoms with Crippen LogP contribution in [0.3, 0.4) is 0 Å². The molecule has 0 bridgehead atoms. The predicted octanol–water partition coefficient (Wildman–Crippen LogP) is 0.917. The lowest BCUT2D eigenvalue weighted by Gasteiger charge is -2.11. The third kappa shape index (κ3) is 0.898. The van der Waals surface area contributed by atoms with Gasteiger partial charge < -0.3 is 10.3 Å². The summed E-state index contributed by atoms with van der Waals surface area (Å²) in [7, 11) is 0. The molecular formula is C9H12N2O. The molecular weight excluding hydrogens is 152 g/mol. The lowest BCUT2D eigenvalue weighted by Crippen LogP contribution is -2.29. The van der Waals surface area contributed by atoms with Gasteiger partial charge in [0, 0.05) is 23.5 Å². The quantitative estimate of drug-likeness (QED) is 0.598. The normalized spacial score (nSPS) is 16.3. The van der Waals surface area contributed by atoms with E-state index in [1.807, 2.05) is 13.8 Å². The number of fused-ring (bicyclic) bond motifs is 1. The molecule has 0 aromatic carbocycles. The number of Topliss-reactive ketones (excluding diaryl/α,β-unsaturated/α-hetero) is 1. The number of nitrogens with one attached hydrogen (secondary N) is 2. The van der Waals surface area contributed by atoms with E-state index in [0.29, 0.717) is 6.54 Å². The minimum absolute atomic E-state index is 0.207. The Morgan fingerprint density at radius 1 is 1.25 bits per heavy atom. The second-order valence-electron chi connectivity index (χ2n) is 3.26. The number of carbonyl (C=O) groups excluding carboxylic acids is 1. The van der Waals surface area contributed by atoms with Gasteiger partial charge in [-0.05, 0) is 19.4 Å². The second-order valence-corrected chi connectivity index (χ2v) is 3.26. The molecule has 1 aliphatic heterocycles. The van der Waals surface area contributed by atoms with Gasteiger partial charge in [0.1, 0.15) is 0 Å². The average molecular weight is 164 g/mol. The summed E-state index contributed by atoms with van der Waals surface area (Å²) in [6.45, 7) is 5.26. The average Bonchev–Trinajstić information content (AvgIpc) is 2.29. The van der Waals surface area contributed by atoms with E-state index in [1.165, 1.54) is 0 Å². The second kappa shape index (κ2) is 2.45. The molecule has 3 nitrogen and oxygen atoms in total. The molecule has 1 aromatic heterocycles. The zero-order valence-electron chi connectivity index (χ0n) is 7.32. The summed E-state index contributed by atoms with van der Waals surface area (Å²) < 4.78 is 0. The van der Waals surface area contributed by atoms with Gasteiger partial charge in [-0.3, -0.25) is 4.79 Å². The van der Waals surface area contributed by atoms with Gasteiger partial charge in [-0.15, -0.1) is 0 Å². The van der Waals surface area contributed by atoms with Crippen LogP contribution in [0.15, 0.2) is 0 Å².